The average molecular weight is 345 g/mol. The van der Waals surface area contributed by atoms with Crippen molar-refractivity contribution in [3.05, 3.63) is 23.8 Å². The molecule has 1 aliphatic rings. The summed E-state index contributed by atoms with van der Waals surface area (Å²) in [5.41, 5.74) is 3.63. The molecule has 2 rings (SSSR count). The van der Waals surface area contributed by atoms with Crippen LogP contribution in [0, 0.1) is 0 Å². The number of alkyl halides is 3. The van der Waals surface area contributed by atoms with Crippen molar-refractivity contribution in [2.45, 2.75) is 51.1 Å². The van der Waals surface area contributed by atoms with Gasteiger partial charge in [-0.1, -0.05) is 0 Å². The van der Waals surface area contributed by atoms with Crippen LogP contribution in [0.15, 0.2) is 18.2 Å². The molecule has 0 spiro atoms. The van der Waals surface area contributed by atoms with E-state index in [9.17, 15) is 23.1 Å². The van der Waals surface area contributed by atoms with Crippen LogP contribution in [0.1, 0.15) is 32.8 Å². The predicted molar refractivity (Wildman–Crippen MR) is 81.2 cm³/mol. The number of carboxylic acids is 1. The third-order valence-electron chi connectivity index (χ3n) is 3.73. The fourth-order valence-corrected chi connectivity index (χ4v) is 2.86. The second-order valence-corrected chi connectivity index (χ2v) is 6.84. The zero-order valence-corrected chi connectivity index (χ0v) is 13.7. The van der Waals surface area contributed by atoms with Crippen LogP contribution < -0.4 is 15.7 Å². The monoisotopic (exact) mass is 345 g/mol. The third kappa shape index (κ3) is 4.11. The minimum Gasteiger partial charge on any atom is -0.548 e. The lowest BCUT2D eigenvalue weighted by Crippen LogP contribution is -2.44. The Morgan fingerprint density at radius 2 is 1.96 bits per heavy atom. The van der Waals surface area contributed by atoms with Crippen molar-refractivity contribution in [2.24, 2.45) is 0 Å². The number of nitrogen functional groups attached to an aromatic ring is 1. The average Bonchev–Trinajstić information content (AvgIpc) is 2.79. The van der Waals surface area contributed by atoms with Crippen LogP contribution in [0.2, 0.25) is 0 Å². The minimum atomic E-state index is -4.61. The number of hydrogen-bond acceptors (Lipinski definition) is 5. The van der Waals surface area contributed by atoms with Gasteiger partial charge >= 0.3 is 6.18 Å². The first kappa shape index (κ1) is 18.4. The maximum absolute atomic E-state index is 13.0. The number of halogens is 3. The van der Waals surface area contributed by atoms with Gasteiger partial charge in [0, 0.05) is 24.3 Å². The molecular formula is C16H20F3N2O3-. The number of nitrogens with two attached hydrogens (primary N) is 1. The quantitative estimate of drug-likeness (QED) is 0.845. The van der Waals surface area contributed by atoms with Crippen LogP contribution in [-0.2, 0) is 15.7 Å². The minimum absolute atomic E-state index is 0.130. The highest BCUT2D eigenvalue weighted by Gasteiger charge is 2.38. The van der Waals surface area contributed by atoms with Gasteiger partial charge in [-0.25, -0.2) is 0 Å². The summed E-state index contributed by atoms with van der Waals surface area (Å²) in [5.74, 6) is -1.35. The molecule has 1 heterocycles. The molecule has 1 aromatic carbocycles. The lowest BCUT2D eigenvalue weighted by Gasteiger charge is -2.28. The largest absolute Gasteiger partial charge is 0.548 e. The number of carboxylic acid groups (broad SMARTS) is 1. The molecule has 0 radical (unpaired) electrons. The standard InChI is InChI=1S/C16H21F3N2O3/c1-15(2,3)24-10-7-13(14(22)23)21(8-10)9-4-5-12(20)11(6-9)16(17,18)19/h4-6,10,13H,7-8,20H2,1-3H3,(H,22,23)/p-1. The van der Waals surface area contributed by atoms with Crippen molar-refractivity contribution in [1.82, 2.24) is 0 Å². The van der Waals surface area contributed by atoms with Crippen molar-refractivity contribution >= 4 is 17.3 Å². The number of hydrogen-bond donors (Lipinski definition) is 1. The van der Waals surface area contributed by atoms with Gasteiger partial charge < -0.3 is 25.3 Å². The van der Waals surface area contributed by atoms with E-state index in [0.717, 1.165) is 12.1 Å². The molecule has 1 fully saturated rings. The van der Waals surface area contributed by atoms with E-state index in [4.69, 9.17) is 10.5 Å². The van der Waals surface area contributed by atoms with Gasteiger partial charge in [-0.3, -0.25) is 0 Å². The number of ether oxygens (including phenoxy) is 1. The summed E-state index contributed by atoms with van der Waals surface area (Å²) in [4.78, 5) is 12.8. The lowest BCUT2D eigenvalue weighted by molar-refractivity contribution is -0.307. The van der Waals surface area contributed by atoms with Crippen LogP contribution in [0.4, 0.5) is 24.5 Å². The highest BCUT2D eigenvalue weighted by Crippen LogP contribution is 2.38. The molecule has 2 N–H and O–H groups in total. The highest BCUT2D eigenvalue weighted by molar-refractivity contribution is 5.78. The zero-order valence-electron chi connectivity index (χ0n) is 13.7. The summed E-state index contributed by atoms with van der Waals surface area (Å²) in [7, 11) is 0. The van der Waals surface area contributed by atoms with Gasteiger partial charge in [-0.2, -0.15) is 13.2 Å². The maximum Gasteiger partial charge on any atom is 0.418 e. The summed E-state index contributed by atoms with van der Waals surface area (Å²) < 4.78 is 44.8. The van der Waals surface area contributed by atoms with Crippen molar-refractivity contribution in [3.63, 3.8) is 0 Å². The third-order valence-corrected chi connectivity index (χ3v) is 3.73. The molecule has 5 nitrogen and oxygen atoms in total. The Morgan fingerprint density at radius 1 is 1.33 bits per heavy atom. The SMILES string of the molecule is CC(C)(C)OC1CC(C(=O)[O-])N(c2ccc(N)c(C(F)(F)F)c2)C1. The number of rotatable bonds is 3. The summed E-state index contributed by atoms with van der Waals surface area (Å²) in [6.07, 6.45) is -4.89. The Balaban J connectivity index is 2.33. The van der Waals surface area contributed by atoms with Crippen LogP contribution in [-0.4, -0.2) is 30.3 Å². The van der Waals surface area contributed by atoms with E-state index >= 15 is 0 Å². The molecule has 0 amide bonds. The molecule has 0 saturated carbocycles. The molecule has 0 bridgehead atoms. The molecule has 1 aliphatic heterocycles. The first-order chi connectivity index (χ1) is 10.9. The van der Waals surface area contributed by atoms with Crippen LogP contribution in [0.25, 0.3) is 0 Å². The molecule has 2 atom stereocenters. The van der Waals surface area contributed by atoms with Gasteiger partial charge in [0.15, 0.2) is 0 Å². The fraction of sp³-hybridized carbons (Fsp3) is 0.562. The summed E-state index contributed by atoms with van der Waals surface area (Å²) in [6, 6.07) is 2.31. The van der Waals surface area contributed by atoms with E-state index in [1.807, 2.05) is 20.8 Å². The number of anilines is 2. The van der Waals surface area contributed by atoms with Crippen molar-refractivity contribution in [3.8, 4) is 0 Å². The Labute approximate surface area is 138 Å². The second-order valence-electron chi connectivity index (χ2n) is 6.84. The van der Waals surface area contributed by atoms with Crippen molar-refractivity contribution in [1.29, 1.82) is 0 Å². The lowest BCUT2D eigenvalue weighted by atomic mass is 10.1. The van der Waals surface area contributed by atoms with Gasteiger partial charge in [-0.05, 0) is 39.0 Å². The van der Waals surface area contributed by atoms with Gasteiger partial charge in [0.1, 0.15) is 0 Å². The smallest absolute Gasteiger partial charge is 0.418 e. The number of nitrogens with zero attached hydrogens (tertiary/aromatic N) is 1. The Morgan fingerprint density at radius 3 is 2.46 bits per heavy atom. The molecule has 24 heavy (non-hydrogen) atoms. The zero-order chi connectivity index (χ0) is 18.3. The topological polar surface area (TPSA) is 78.6 Å². The van der Waals surface area contributed by atoms with Crippen molar-refractivity contribution < 1.29 is 27.8 Å². The molecule has 8 heteroatoms. The highest BCUT2D eigenvalue weighted by atomic mass is 19.4. The number of aliphatic carboxylic acids is 1. The Bertz CT molecular complexity index is 626. The second kappa shape index (κ2) is 6.16. The molecule has 1 saturated heterocycles. The van der Waals surface area contributed by atoms with Crippen molar-refractivity contribution in [2.75, 3.05) is 17.2 Å². The van der Waals surface area contributed by atoms with Gasteiger partial charge in [-0.15, -0.1) is 0 Å². The number of carbonyl (C=O) groups is 1. The number of carbonyl (C=O) groups excluding carboxylic acids is 1. The van der Waals surface area contributed by atoms with E-state index in [2.05, 4.69) is 0 Å². The van der Waals surface area contributed by atoms with Gasteiger partial charge in [0.2, 0.25) is 0 Å². The molecule has 1 aromatic rings. The Hall–Kier alpha value is -1.96. The van der Waals surface area contributed by atoms with Crippen LogP contribution in [0.3, 0.4) is 0 Å². The first-order valence-corrected chi connectivity index (χ1v) is 7.50. The molecule has 0 aliphatic carbocycles. The van der Waals surface area contributed by atoms with Crippen LogP contribution >= 0.6 is 0 Å². The summed E-state index contributed by atoms with van der Waals surface area (Å²) >= 11 is 0. The predicted octanol–water partition coefficient (Wildman–Crippen LogP) is 1.80. The first-order valence-electron chi connectivity index (χ1n) is 7.50. The molecule has 2 unspecified atom stereocenters. The van der Waals surface area contributed by atoms with E-state index in [-0.39, 0.29) is 18.7 Å². The van der Waals surface area contributed by atoms with E-state index < -0.39 is 41.1 Å². The molecule has 0 aromatic heterocycles. The normalized spacial score (nSPS) is 22.0. The fourth-order valence-electron chi connectivity index (χ4n) is 2.86. The van der Waals surface area contributed by atoms with Crippen LogP contribution in [0.5, 0.6) is 0 Å². The summed E-state index contributed by atoms with van der Waals surface area (Å²) in [6.45, 7) is 5.65. The summed E-state index contributed by atoms with van der Waals surface area (Å²) in [5, 5.41) is 11.4. The number of benzene rings is 1. The molecule has 134 valence electrons. The van der Waals surface area contributed by atoms with Gasteiger partial charge in [0.25, 0.3) is 0 Å². The van der Waals surface area contributed by atoms with E-state index in [1.165, 1.54) is 11.0 Å². The Kier molecular flexibility index (Phi) is 4.72. The van der Waals surface area contributed by atoms with Gasteiger partial charge in [0.05, 0.1) is 29.3 Å². The molecular weight excluding hydrogens is 325 g/mol. The van der Waals surface area contributed by atoms with E-state index in [0.29, 0.717) is 0 Å². The van der Waals surface area contributed by atoms with E-state index in [1.54, 1.807) is 0 Å². The maximum atomic E-state index is 13.0.